The van der Waals surface area contributed by atoms with Crippen molar-refractivity contribution in [2.45, 2.75) is 19.3 Å². The van der Waals surface area contributed by atoms with E-state index in [2.05, 4.69) is 4.90 Å². The standard InChI is InChI=1S/C11H20N2OS/c12-11(15)10-1-4-13(5-2-10)7-9-3-6-14-8-9/h9-10H,1-8H2,(H2,12,15). The van der Waals surface area contributed by atoms with Crippen molar-refractivity contribution in [2.75, 3.05) is 32.8 Å². The lowest BCUT2D eigenvalue weighted by Crippen LogP contribution is -2.40. The average Bonchev–Trinajstić information content (AvgIpc) is 2.71. The Bertz CT molecular complexity index is 221. The maximum Gasteiger partial charge on any atom is 0.0759 e. The van der Waals surface area contributed by atoms with Gasteiger partial charge in [0.15, 0.2) is 0 Å². The van der Waals surface area contributed by atoms with Gasteiger partial charge in [0.25, 0.3) is 0 Å². The van der Waals surface area contributed by atoms with Crippen molar-refractivity contribution >= 4 is 17.2 Å². The zero-order valence-corrected chi connectivity index (χ0v) is 9.97. The molecule has 2 N–H and O–H groups in total. The summed E-state index contributed by atoms with van der Waals surface area (Å²) in [5.41, 5.74) is 5.67. The van der Waals surface area contributed by atoms with Gasteiger partial charge in [0.2, 0.25) is 0 Å². The van der Waals surface area contributed by atoms with E-state index in [9.17, 15) is 0 Å². The molecule has 2 fully saturated rings. The molecule has 0 aliphatic carbocycles. The van der Waals surface area contributed by atoms with Crippen LogP contribution in [0.3, 0.4) is 0 Å². The summed E-state index contributed by atoms with van der Waals surface area (Å²) in [5, 5.41) is 0. The summed E-state index contributed by atoms with van der Waals surface area (Å²) in [4.78, 5) is 3.24. The molecule has 2 heterocycles. The van der Waals surface area contributed by atoms with Crippen LogP contribution in [0.1, 0.15) is 19.3 Å². The Hall–Kier alpha value is -0.190. The molecule has 86 valence electrons. The van der Waals surface area contributed by atoms with Crippen LogP contribution in [0.2, 0.25) is 0 Å². The Morgan fingerprint density at radius 3 is 2.60 bits per heavy atom. The fourth-order valence-corrected chi connectivity index (χ4v) is 2.73. The highest BCUT2D eigenvalue weighted by Crippen LogP contribution is 2.20. The lowest BCUT2D eigenvalue weighted by Gasteiger charge is -2.32. The average molecular weight is 228 g/mol. The molecule has 0 aromatic rings. The first-order valence-electron chi connectivity index (χ1n) is 5.85. The molecule has 0 bridgehead atoms. The molecule has 2 aliphatic heterocycles. The third-order valence-corrected chi connectivity index (χ3v) is 3.86. The SMILES string of the molecule is NC(=S)C1CCN(CC2CCOC2)CC1. The Balaban J connectivity index is 1.71. The first-order valence-corrected chi connectivity index (χ1v) is 6.26. The maximum absolute atomic E-state index is 5.67. The molecule has 0 spiro atoms. The van der Waals surface area contributed by atoms with Crippen LogP contribution >= 0.6 is 12.2 Å². The molecular weight excluding hydrogens is 208 g/mol. The monoisotopic (exact) mass is 228 g/mol. The van der Waals surface area contributed by atoms with Crippen LogP contribution in [0.25, 0.3) is 0 Å². The van der Waals surface area contributed by atoms with Crippen LogP contribution in [0.15, 0.2) is 0 Å². The van der Waals surface area contributed by atoms with Crippen molar-refractivity contribution in [1.82, 2.24) is 4.90 Å². The van der Waals surface area contributed by atoms with Crippen molar-refractivity contribution in [3.8, 4) is 0 Å². The Kier molecular flexibility index (Phi) is 3.94. The van der Waals surface area contributed by atoms with Crippen LogP contribution in [0.5, 0.6) is 0 Å². The van der Waals surface area contributed by atoms with Crippen LogP contribution in [-0.2, 0) is 4.74 Å². The summed E-state index contributed by atoms with van der Waals surface area (Å²) in [6.07, 6.45) is 3.51. The second-order valence-corrected chi connectivity index (χ2v) is 5.18. The number of nitrogens with two attached hydrogens (primary N) is 1. The summed E-state index contributed by atoms with van der Waals surface area (Å²) in [6.45, 7) is 5.41. The first kappa shape index (κ1) is 11.3. The Morgan fingerprint density at radius 2 is 2.07 bits per heavy atom. The van der Waals surface area contributed by atoms with Crippen molar-refractivity contribution in [3.63, 3.8) is 0 Å². The number of ether oxygens (including phenoxy) is 1. The van der Waals surface area contributed by atoms with Gasteiger partial charge in [-0.3, -0.25) is 0 Å². The molecule has 2 aliphatic rings. The molecule has 0 saturated carbocycles. The Morgan fingerprint density at radius 1 is 1.33 bits per heavy atom. The molecule has 0 aromatic heterocycles. The van der Waals surface area contributed by atoms with Crippen molar-refractivity contribution in [3.05, 3.63) is 0 Å². The summed E-state index contributed by atoms with van der Waals surface area (Å²) >= 11 is 5.04. The van der Waals surface area contributed by atoms with Gasteiger partial charge < -0.3 is 15.4 Å². The van der Waals surface area contributed by atoms with Crippen LogP contribution in [0, 0.1) is 11.8 Å². The number of hydrogen-bond donors (Lipinski definition) is 1. The number of likely N-dealkylation sites (tertiary alicyclic amines) is 1. The van der Waals surface area contributed by atoms with E-state index >= 15 is 0 Å². The van der Waals surface area contributed by atoms with Gasteiger partial charge in [-0.2, -0.15) is 0 Å². The van der Waals surface area contributed by atoms with Gasteiger partial charge >= 0.3 is 0 Å². The summed E-state index contributed by atoms with van der Waals surface area (Å²) in [6, 6.07) is 0. The van der Waals surface area contributed by atoms with Crippen molar-refractivity contribution < 1.29 is 4.74 Å². The highest BCUT2D eigenvalue weighted by molar-refractivity contribution is 7.80. The molecule has 4 heteroatoms. The van der Waals surface area contributed by atoms with E-state index in [1.54, 1.807) is 0 Å². The zero-order chi connectivity index (χ0) is 10.7. The van der Waals surface area contributed by atoms with Crippen LogP contribution in [0.4, 0.5) is 0 Å². The predicted octanol–water partition coefficient (Wildman–Crippen LogP) is 1.02. The van der Waals surface area contributed by atoms with Crippen LogP contribution < -0.4 is 5.73 Å². The minimum atomic E-state index is 0.482. The van der Waals surface area contributed by atoms with E-state index in [1.165, 1.54) is 13.0 Å². The lowest BCUT2D eigenvalue weighted by molar-refractivity contribution is 0.151. The predicted molar refractivity (Wildman–Crippen MR) is 64.9 cm³/mol. The van der Waals surface area contributed by atoms with E-state index < -0.39 is 0 Å². The minimum absolute atomic E-state index is 0.482. The molecule has 0 aromatic carbocycles. The molecule has 0 amide bonds. The molecule has 15 heavy (non-hydrogen) atoms. The Labute approximate surface area is 96.9 Å². The van der Waals surface area contributed by atoms with E-state index in [1.807, 2.05) is 0 Å². The largest absolute Gasteiger partial charge is 0.393 e. The zero-order valence-electron chi connectivity index (χ0n) is 9.15. The van der Waals surface area contributed by atoms with Crippen LogP contribution in [-0.4, -0.2) is 42.7 Å². The topological polar surface area (TPSA) is 38.5 Å². The summed E-state index contributed by atoms with van der Waals surface area (Å²) < 4.78 is 5.39. The lowest BCUT2D eigenvalue weighted by atomic mass is 9.96. The smallest absolute Gasteiger partial charge is 0.0759 e. The van der Waals surface area contributed by atoms with E-state index in [0.717, 1.165) is 45.1 Å². The number of hydrogen-bond acceptors (Lipinski definition) is 3. The highest BCUT2D eigenvalue weighted by atomic mass is 32.1. The number of rotatable bonds is 3. The van der Waals surface area contributed by atoms with Gasteiger partial charge in [0, 0.05) is 19.1 Å². The molecule has 0 radical (unpaired) electrons. The molecule has 1 atom stereocenters. The van der Waals surface area contributed by atoms with E-state index in [-0.39, 0.29) is 0 Å². The van der Waals surface area contributed by atoms with Crippen molar-refractivity contribution in [2.24, 2.45) is 17.6 Å². The third-order valence-electron chi connectivity index (χ3n) is 3.53. The number of thiocarbonyl (C=S) groups is 1. The molecule has 2 saturated heterocycles. The van der Waals surface area contributed by atoms with Gasteiger partial charge in [-0.1, -0.05) is 12.2 Å². The first-order chi connectivity index (χ1) is 7.25. The molecule has 2 rings (SSSR count). The molecule has 3 nitrogen and oxygen atoms in total. The van der Waals surface area contributed by atoms with Gasteiger partial charge in [0.1, 0.15) is 0 Å². The quantitative estimate of drug-likeness (QED) is 0.732. The van der Waals surface area contributed by atoms with Gasteiger partial charge in [-0.15, -0.1) is 0 Å². The van der Waals surface area contributed by atoms with Gasteiger partial charge in [-0.25, -0.2) is 0 Å². The maximum atomic E-state index is 5.67. The highest BCUT2D eigenvalue weighted by Gasteiger charge is 2.24. The number of nitrogens with zero attached hydrogens (tertiary/aromatic N) is 1. The van der Waals surface area contributed by atoms with E-state index in [0.29, 0.717) is 10.9 Å². The molecular formula is C11H20N2OS. The normalized spacial score (nSPS) is 29.5. The molecule has 1 unspecified atom stereocenters. The second-order valence-electron chi connectivity index (χ2n) is 4.71. The fraction of sp³-hybridized carbons (Fsp3) is 0.909. The third kappa shape index (κ3) is 3.13. The second kappa shape index (κ2) is 5.23. The van der Waals surface area contributed by atoms with Gasteiger partial charge in [0.05, 0.1) is 11.6 Å². The van der Waals surface area contributed by atoms with Crippen molar-refractivity contribution in [1.29, 1.82) is 0 Å². The number of piperidine rings is 1. The minimum Gasteiger partial charge on any atom is -0.393 e. The summed E-state index contributed by atoms with van der Waals surface area (Å²) in [7, 11) is 0. The fourth-order valence-electron chi connectivity index (χ4n) is 2.49. The van der Waals surface area contributed by atoms with E-state index in [4.69, 9.17) is 22.7 Å². The summed E-state index contributed by atoms with van der Waals surface area (Å²) in [5.74, 6) is 1.24. The van der Waals surface area contributed by atoms with Gasteiger partial charge in [-0.05, 0) is 38.3 Å².